The molecule has 2 aromatic heterocycles. The molecule has 0 fully saturated rings. The fourth-order valence-corrected chi connectivity index (χ4v) is 1.48. The number of hydrogen-bond acceptors (Lipinski definition) is 4. The molecule has 0 spiro atoms. The molecule has 0 saturated heterocycles. The van der Waals surface area contributed by atoms with Crippen LogP contribution in [-0.2, 0) is 0 Å². The molecule has 2 rings (SSSR count). The SMILES string of the molecule is OCCCCNc1nccc2occc12. The van der Waals surface area contributed by atoms with E-state index in [9.17, 15) is 0 Å². The van der Waals surface area contributed by atoms with E-state index in [-0.39, 0.29) is 6.61 Å². The Kier molecular flexibility index (Phi) is 3.19. The van der Waals surface area contributed by atoms with E-state index in [4.69, 9.17) is 9.52 Å². The molecule has 2 N–H and O–H groups in total. The largest absolute Gasteiger partial charge is 0.464 e. The van der Waals surface area contributed by atoms with Crippen molar-refractivity contribution >= 4 is 16.8 Å². The highest BCUT2D eigenvalue weighted by molar-refractivity contribution is 5.87. The van der Waals surface area contributed by atoms with E-state index in [0.29, 0.717) is 0 Å². The first-order valence-corrected chi connectivity index (χ1v) is 5.09. The molecule has 0 bridgehead atoms. The van der Waals surface area contributed by atoms with Crippen molar-refractivity contribution in [2.75, 3.05) is 18.5 Å². The van der Waals surface area contributed by atoms with Crippen LogP contribution in [0.5, 0.6) is 0 Å². The van der Waals surface area contributed by atoms with E-state index in [0.717, 1.165) is 36.2 Å². The fraction of sp³-hybridized carbons (Fsp3) is 0.364. The smallest absolute Gasteiger partial charge is 0.139 e. The predicted octanol–water partition coefficient (Wildman–Crippen LogP) is 2.01. The first-order chi connectivity index (χ1) is 7.42. The Hall–Kier alpha value is -1.55. The first-order valence-electron chi connectivity index (χ1n) is 5.09. The van der Waals surface area contributed by atoms with Crippen molar-refractivity contribution in [3.05, 3.63) is 24.6 Å². The van der Waals surface area contributed by atoms with Crippen molar-refractivity contribution in [1.29, 1.82) is 0 Å². The van der Waals surface area contributed by atoms with Crippen LogP contribution in [-0.4, -0.2) is 23.2 Å². The van der Waals surface area contributed by atoms with Crippen LogP contribution < -0.4 is 5.32 Å². The third-order valence-corrected chi connectivity index (χ3v) is 2.26. The summed E-state index contributed by atoms with van der Waals surface area (Å²) in [6.45, 7) is 1.06. The molecule has 2 heterocycles. The summed E-state index contributed by atoms with van der Waals surface area (Å²) in [6.07, 6.45) is 5.13. The van der Waals surface area contributed by atoms with Gasteiger partial charge in [0.05, 0.1) is 11.6 Å². The molecule has 0 saturated carbocycles. The topological polar surface area (TPSA) is 58.3 Å². The average Bonchev–Trinajstić information content (AvgIpc) is 2.73. The maximum atomic E-state index is 8.64. The lowest BCUT2D eigenvalue weighted by molar-refractivity contribution is 0.286. The number of fused-ring (bicyclic) bond motifs is 1. The van der Waals surface area contributed by atoms with Crippen LogP contribution in [0.4, 0.5) is 5.82 Å². The van der Waals surface area contributed by atoms with Gasteiger partial charge in [-0.3, -0.25) is 0 Å². The standard InChI is InChI=1S/C11H14N2O2/c14-7-2-1-5-12-11-9-4-8-15-10(9)3-6-13-11/h3-4,6,8,14H,1-2,5,7H2,(H,12,13). The molecule has 4 nitrogen and oxygen atoms in total. The minimum atomic E-state index is 0.241. The quantitative estimate of drug-likeness (QED) is 0.735. The zero-order valence-corrected chi connectivity index (χ0v) is 8.44. The third-order valence-electron chi connectivity index (χ3n) is 2.26. The van der Waals surface area contributed by atoms with Gasteiger partial charge in [-0.25, -0.2) is 4.98 Å². The molecule has 0 unspecified atom stereocenters. The highest BCUT2D eigenvalue weighted by atomic mass is 16.3. The number of aromatic nitrogens is 1. The van der Waals surface area contributed by atoms with Crippen molar-refractivity contribution in [2.24, 2.45) is 0 Å². The number of unbranched alkanes of at least 4 members (excludes halogenated alkanes) is 1. The lowest BCUT2D eigenvalue weighted by Gasteiger charge is -2.04. The van der Waals surface area contributed by atoms with Crippen LogP contribution in [0.15, 0.2) is 29.0 Å². The molecule has 2 aromatic rings. The lowest BCUT2D eigenvalue weighted by Crippen LogP contribution is -2.03. The summed E-state index contributed by atoms with van der Waals surface area (Å²) in [4.78, 5) is 4.24. The van der Waals surface area contributed by atoms with E-state index in [1.807, 2.05) is 12.1 Å². The van der Waals surface area contributed by atoms with Gasteiger partial charge in [-0.2, -0.15) is 0 Å². The molecule has 0 radical (unpaired) electrons. The molecule has 0 aromatic carbocycles. The number of aliphatic hydroxyl groups excluding tert-OH is 1. The second-order valence-corrected chi connectivity index (χ2v) is 3.35. The second-order valence-electron chi connectivity index (χ2n) is 3.35. The Morgan fingerprint density at radius 3 is 3.13 bits per heavy atom. The van der Waals surface area contributed by atoms with Gasteiger partial charge in [-0.1, -0.05) is 0 Å². The van der Waals surface area contributed by atoms with Gasteiger partial charge in [0.15, 0.2) is 0 Å². The van der Waals surface area contributed by atoms with Crippen LogP contribution >= 0.6 is 0 Å². The molecular weight excluding hydrogens is 192 g/mol. The summed E-state index contributed by atoms with van der Waals surface area (Å²) >= 11 is 0. The number of aliphatic hydroxyl groups is 1. The molecule has 15 heavy (non-hydrogen) atoms. The average molecular weight is 206 g/mol. The molecule has 0 atom stereocenters. The van der Waals surface area contributed by atoms with Crippen LogP contribution in [0, 0.1) is 0 Å². The fourth-order valence-electron chi connectivity index (χ4n) is 1.48. The zero-order valence-electron chi connectivity index (χ0n) is 8.44. The number of nitrogens with one attached hydrogen (secondary N) is 1. The van der Waals surface area contributed by atoms with Crippen LogP contribution in [0.2, 0.25) is 0 Å². The molecule has 0 amide bonds. The Morgan fingerprint density at radius 1 is 1.33 bits per heavy atom. The molecule has 0 aliphatic rings. The van der Waals surface area contributed by atoms with Gasteiger partial charge in [0.25, 0.3) is 0 Å². The Labute approximate surface area is 87.9 Å². The highest BCUT2D eigenvalue weighted by Gasteiger charge is 2.02. The predicted molar refractivity (Wildman–Crippen MR) is 58.8 cm³/mol. The summed E-state index contributed by atoms with van der Waals surface area (Å²) in [5.41, 5.74) is 0.842. The van der Waals surface area contributed by atoms with Crippen molar-refractivity contribution < 1.29 is 9.52 Å². The molecule has 0 aliphatic heterocycles. The first kappa shape index (κ1) is 9.98. The van der Waals surface area contributed by atoms with Crippen LogP contribution in [0.1, 0.15) is 12.8 Å². The van der Waals surface area contributed by atoms with E-state index in [2.05, 4.69) is 10.3 Å². The van der Waals surface area contributed by atoms with Gasteiger partial charge < -0.3 is 14.8 Å². The number of pyridine rings is 1. The molecule has 80 valence electrons. The van der Waals surface area contributed by atoms with Crippen molar-refractivity contribution in [3.8, 4) is 0 Å². The molecule has 4 heteroatoms. The maximum Gasteiger partial charge on any atom is 0.139 e. The summed E-state index contributed by atoms with van der Waals surface area (Å²) < 4.78 is 5.27. The number of rotatable bonds is 5. The van der Waals surface area contributed by atoms with Gasteiger partial charge in [0, 0.05) is 19.3 Å². The summed E-state index contributed by atoms with van der Waals surface area (Å²) in [7, 11) is 0. The minimum Gasteiger partial charge on any atom is -0.464 e. The van der Waals surface area contributed by atoms with Gasteiger partial charge in [-0.15, -0.1) is 0 Å². The van der Waals surface area contributed by atoms with Gasteiger partial charge in [-0.05, 0) is 25.0 Å². The lowest BCUT2D eigenvalue weighted by atomic mass is 10.3. The number of nitrogens with zero attached hydrogens (tertiary/aromatic N) is 1. The molecular formula is C11H14N2O2. The third kappa shape index (κ3) is 2.27. The van der Waals surface area contributed by atoms with E-state index in [1.165, 1.54) is 0 Å². The van der Waals surface area contributed by atoms with Crippen LogP contribution in [0.25, 0.3) is 11.0 Å². The Bertz CT molecular complexity index is 425. The summed E-state index contributed by atoms with van der Waals surface area (Å²) in [5, 5.41) is 12.9. The number of anilines is 1. The summed E-state index contributed by atoms with van der Waals surface area (Å²) in [6, 6.07) is 3.74. The normalized spacial score (nSPS) is 10.7. The van der Waals surface area contributed by atoms with Crippen molar-refractivity contribution in [3.63, 3.8) is 0 Å². The van der Waals surface area contributed by atoms with E-state index < -0.39 is 0 Å². The number of hydrogen-bond donors (Lipinski definition) is 2. The number of furan rings is 1. The van der Waals surface area contributed by atoms with Crippen molar-refractivity contribution in [1.82, 2.24) is 4.98 Å². The van der Waals surface area contributed by atoms with Gasteiger partial charge in [0.2, 0.25) is 0 Å². The maximum absolute atomic E-state index is 8.64. The second kappa shape index (κ2) is 4.79. The minimum absolute atomic E-state index is 0.241. The summed E-state index contributed by atoms with van der Waals surface area (Å²) in [5.74, 6) is 0.846. The monoisotopic (exact) mass is 206 g/mol. The van der Waals surface area contributed by atoms with Gasteiger partial charge in [0.1, 0.15) is 11.4 Å². The van der Waals surface area contributed by atoms with Gasteiger partial charge >= 0.3 is 0 Å². The Morgan fingerprint density at radius 2 is 2.27 bits per heavy atom. The van der Waals surface area contributed by atoms with Crippen LogP contribution in [0.3, 0.4) is 0 Å². The van der Waals surface area contributed by atoms with Crippen molar-refractivity contribution in [2.45, 2.75) is 12.8 Å². The van der Waals surface area contributed by atoms with E-state index >= 15 is 0 Å². The molecule has 0 aliphatic carbocycles. The highest BCUT2D eigenvalue weighted by Crippen LogP contribution is 2.21. The van der Waals surface area contributed by atoms with E-state index in [1.54, 1.807) is 12.5 Å². The Balaban J connectivity index is 2.04. The zero-order chi connectivity index (χ0) is 10.5.